The van der Waals surface area contributed by atoms with Crippen molar-refractivity contribution >= 4 is 26.8 Å². The largest absolute Gasteiger partial charge is 0.396 e. The van der Waals surface area contributed by atoms with Crippen molar-refractivity contribution in [1.29, 1.82) is 0 Å². The summed E-state index contributed by atoms with van der Waals surface area (Å²) in [5.41, 5.74) is 3.76. The molecular weight excluding hydrogens is 344 g/mol. The fraction of sp³-hybridized carbons (Fsp3) is 0.588. The number of aliphatic hydroxyl groups excluding tert-OH is 1. The minimum atomic E-state index is 0.0644. The highest BCUT2D eigenvalue weighted by Crippen LogP contribution is 2.51. The van der Waals surface area contributed by atoms with Crippen LogP contribution in [0.4, 0.5) is 0 Å². The van der Waals surface area contributed by atoms with Crippen molar-refractivity contribution in [2.45, 2.75) is 44.8 Å². The van der Waals surface area contributed by atoms with Crippen LogP contribution in [0.15, 0.2) is 16.7 Å². The Kier molecular flexibility index (Phi) is 3.75. The first-order valence-corrected chi connectivity index (χ1v) is 8.88. The highest BCUT2D eigenvalue weighted by atomic mass is 79.9. The Bertz CT molecular complexity index is 706. The molecule has 1 aromatic carbocycles. The molecule has 2 aromatic rings. The van der Waals surface area contributed by atoms with Gasteiger partial charge >= 0.3 is 0 Å². The Balaban J connectivity index is 1.77. The number of ether oxygens (including phenoxy) is 1. The van der Waals surface area contributed by atoms with Crippen molar-refractivity contribution in [2.24, 2.45) is 5.92 Å². The van der Waals surface area contributed by atoms with Gasteiger partial charge in [-0.3, -0.25) is 0 Å². The molecule has 0 bridgehead atoms. The normalized spacial score (nSPS) is 28.2. The van der Waals surface area contributed by atoms with Crippen molar-refractivity contribution in [3.8, 4) is 0 Å². The van der Waals surface area contributed by atoms with Crippen molar-refractivity contribution in [1.82, 2.24) is 9.78 Å². The van der Waals surface area contributed by atoms with Crippen LogP contribution in [-0.2, 0) is 4.74 Å². The lowest BCUT2D eigenvalue weighted by Gasteiger charge is -2.23. The van der Waals surface area contributed by atoms with E-state index in [9.17, 15) is 5.11 Å². The SMILES string of the molecule is Cc1cc2c(cnn2C2CCCCO2)c(Br)c1C1CC1CO. The summed E-state index contributed by atoms with van der Waals surface area (Å²) in [6.45, 7) is 3.26. The number of hydrogen-bond acceptors (Lipinski definition) is 3. The Labute approximate surface area is 138 Å². The van der Waals surface area contributed by atoms with Crippen LogP contribution in [0.1, 0.15) is 49.0 Å². The van der Waals surface area contributed by atoms with Gasteiger partial charge in [0, 0.05) is 23.1 Å². The quantitative estimate of drug-likeness (QED) is 0.898. The molecule has 5 heteroatoms. The van der Waals surface area contributed by atoms with E-state index in [4.69, 9.17) is 4.74 Å². The van der Waals surface area contributed by atoms with Crippen LogP contribution in [0.25, 0.3) is 10.9 Å². The van der Waals surface area contributed by atoms with Crippen molar-refractivity contribution in [3.63, 3.8) is 0 Å². The zero-order valence-corrected chi connectivity index (χ0v) is 14.3. The number of rotatable bonds is 3. The van der Waals surface area contributed by atoms with Gasteiger partial charge in [-0.2, -0.15) is 5.10 Å². The maximum Gasteiger partial charge on any atom is 0.150 e. The minimum Gasteiger partial charge on any atom is -0.396 e. The zero-order valence-electron chi connectivity index (χ0n) is 12.8. The minimum absolute atomic E-state index is 0.0644. The first-order valence-electron chi connectivity index (χ1n) is 8.09. The summed E-state index contributed by atoms with van der Waals surface area (Å²) in [6.07, 6.45) is 6.47. The van der Waals surface area contributed by atoms with Gasteiger partial charge in [-0.15, -0.1) is 0 Å². The standard InChI is InChI=1S/C17H21BrN2O2/c1-10-6-14-13(17(18)16(10)12-7-11(12)9-21)8-19-20(14)15-4-2-3-5-22-15/h6,8,11-12,15,21H,2-5,7,9H2,1H3. The molecule has 118 valence electrons. The third kappa shape index (κ3) is 2.30. The number of benzene rings is 1. The second kappa shape index (κ2) is 5.62. The Morgan fingerprint density at radius 1 is 1.45 bits per heavy atom. The zero-order chi connectivity index (χ0) is 15.3. The molecule has 3 atom stereocenters. The molecule has 2 fully saturated rings. The number of hydrogen-bond donors (Lipinski definition) is 1. The van der Waals surface area contributed by atoms with Gasteiger partial charge in [0.2, 0.25) is 0 Å². The summed E-state index contributed by atoms with van der Waals surface area (Å²) in [4.78, 5) is 0. The van der Waals surface area contributed by atoms with Gasteiger partial charge in [0.1, 0.15) is 0 Å². The second-order valence-electron chi connectivity index (χ2n) is 6.55. The number of aliphatic hydroxyl groups is 1. The van der Waals surface area contributed by atoms with Crippen LogP contribution in [0.5, 0.6) is 0 Å². The van der Waals surface area contributed by atoms with Gasteiger partial charge in [-0.25, -0.2) is 4.68 Å². The van der Waals surface area contributed by atoms with E-state index in [1.165, 1.54) is 17.5 Å². The Hall–Kier alpha value is -0.910. The molecule has 1 aromatic heterocycles. The first kappa shape index (κ1) is 14.7. The van der Waals surface area contributed by atoms with Gasteiger partial charge in [0.15, 0.2) is 6.23 Å². The van der Waals surface area contributed by atoms with Gasteiger partial charge in [-0.05, 0) is 77.6 Å². The summed E-state index contributed by atoms with van der Waals surface area (Å²) < 4.78 is 9.06. The molecule has 2 aliphatic rings. The fourth-order valence-electron chi connectivity index (χ4n) is 3.69. The van der Waals surface area contributed by atoms with Crippen molar-refractivity contribution in [3.05, 3.63) is 27.9 Å². The van der Waals surface area contributed by atoms with Crippen LogP contribution >= 0.6 is 15.9 Å². The lowest BCUT2D eigenvalue weighted by Crippen LogP contribution is -2.19. The molecule has 1 aliphatic carbocycles. The second-order valence-corrected chi connectivity index (χ2v) is 7.34. The predicted octanol–water partition coefficient (Wildman–Crippen LogP) is 3.90. The maximum absolute atomic E-state index is 9.36. The average Bonchev–Trinajstić information content (AvgIpc) is 3.18. The van der Waals surface area contributed by atoms with E-state index in [2.05, 4.69) is 34.0 Å². The van der Waals surface area contributed by atoms with Crippen LogP contribution in [0, 0.1) is 12.8 Å². The average molecular weight is 365 g/mol. The van der Waals surface area contributed by atoms with Crippen LogP contribution in [0.3, 0.4) is 0 Å². The van der Waals surface area contributed by atoms with Gasteiger partial charge < -0.3 is 9.84 Å². The van der Waals surface area contributed by atoms with E-state index in [1.807, 2.05) is 10.9 Å². The lowest BCUT2D eigenvalue weighted by atomic mass is 10.0. The summed E-state index contributed by atoms with van der Waals surface area (Å²) >= 11 is 3.79. The number of fused-ring (bicyclic) bond motifs is 1. The van der Waals surface area contributed by atoms with Crippen LogP contribution < -0.4 is 0 Å². The molecule has 4 rings (SSSR count). The predicted molar refractivity (Wildman–Crippen MR) is 88.9 cm³/mol. The van der Waals surface area contributed by atoms with Gasteiger partial charge in [0.05, 0.1) is 11.7 Å². The summed E-state index contributed by atoms with van der Waals surface area (Å²) in [7, 11) is 0. The fourth-order valence-corrected chi connectivity index (χ4v) is 4.60. The molecule has 22 heavy (non-hydrogen) atoms. The van der Waals surface area contributed by atoms with Gasteiger partial charge in [0.25, 0.3) is 0 Å². The molecule has 0 amide bonds. The molecule has 1 aliphatic heterocycles. The highest BCUT2D eigenvalue weighted by Gasteiger charge is 2.40. The lowest BCUT2D eigenvalue weighted by molar-refractivity contribution is -0.0366. The van der Waals surface area contributed by atoms with E-state index >= 15 is 0 Å². The molecule has 1 saturated carbocycles. The molecular formula is C17H21BrN2O2. The summed E-state index contributed by atoms with van der Waals surface area (Å²) in [5, 5.41) is 15.1. The highest BCUT2D eigenvalue weighted by molar-refractivity contribution is 9.10. The summed E-state index contributed by atoms with van der Waals surface area (Å²) in [6, 6.07) is 2.23. The molecule has 2 heterocycles. The van der Waals surface area contributed by atoms with Gasteiger partial charge in [-0.1, -0.05) is 0 Å². The van der Waals surface area contributed by atoms with E-state index in [1.54, 1.807) is 0 Å². The van der Waals surface area contributed by atoms with E-state index < -0.39 is 0 Å². The molecule has 0 spiro atoms. The number of halogens is 1. The summed E-state index contributed by atoms with van der Waals surface area (Å²) in [5.74, 6) is 0.905. The topological polar surface area (TPSA) is 47.3 Å². The molecule has 0 radical (unpaired) electrons. The Morgan fingerprint density at radius 3 is 3.00 bits per heavy atom. The number of aryl methyl sites for hydroxylation is 1. The van der Waals surface area contributed by atoms with Crippen LogP contribution in [0.2, 0.25) is 0 Å². The van der Waals surface area contributed by atoms with Crippen molar-refractivity contribution < 1.29 is 9.84 Å². The Morgan fingerprint density at radius 2 is 2.32 bits per heavy atom. The molecule has 4 nitrogen and oxygen atoms in total. The monoisotopic (exact) mass is 364 g/mol. The third-order valence-corrected chi connectivity index (χ3v) is 5.90. The third-order valence-electron chi connectivity index (χ3n) is 5.04. The molecule has 1 saturated heterocycles. The number of aromatic nitrogens is 2. The molecule has 3 unspecified atom stereocenters. The smallest absolute Gasteiger partial charge is 0.150 e. The van der Waals surface area contributed by atoms with E-state index in [-0.39, 0.29) is 12.8 Å². The van der Waals surface area contributed by atoms with Crippen LogP contribution in [-0.4, -0.2) is 28.1 Å². The van der Waals surface area contributed by atoms with Crippen molar-refractivity contribution in [2.75, 3.05) is 13.2 Å². The number of nitrogens with zero attached hydrogens (tertiary/aromatic N) is 2. The maximum atomic E-state index is 9.36. The van der Waals surface area contributed by atoms with E-state index in [0.29, 0.717) is 11.8 Å². The van der Waals surface area contributed by atoms with E-state index in [0.717, 1.165) is 41.2 Å². The first-order chi connectivity index (χ1) is 10.7. The molecule has 1 N–H and O–H groups in total.